The maximum atomic E-state index is 12.1. The Labute approximate surface area is 220 Å². The van der Waals surface area contributed by atoms with Gasteiger partial charge in [0.05, 0.1) is 23.1 Å². The second kappa shape index (κ2) is 12.4. The molecule has 4 rings (SSSR count). The minimum Gasteiger partial charge on any atom is -0.446 e. The third kappa shape index (κ3) is 5.96. The van der Waals surface area contributed by atoms with Crippen LogP contribution in [0.25, 0.3) is 0 Å². The molecule has 1 aliphatic heterocycles. The molecule has 1 saturated carbocycles. The van der Waals surface area contributed by atoms with Gasteiger partial charge in [-0.25, -0.2) is 4.79 Å². The maximum Gasteiger partial charge on any atom is 0.407 e. The van der Waals surface area contributed by atoms with E-state index in [0.29, 0.717) is 5.56 Å². The van der Waals surface area contributed by atoms with E-state index in [0.717, 1.165) is 69.3 Å². The van der Waals surface area contributed by atoms with Gasteiger partial charge in [-0.05, 0) is 80.9 Å². The zero-order valence-electron chi connectivity index (χ0n) is 21.5. The van der Waals surface area contributed by atoms with Gasteiger partial charge in [-0.2, -0.15) is 10.5 Å². The summed E-state index contributed by atoms with van der Waals surface area (Å²) in [4.78, 5) is 14.5. The SMILES string of the molecule is CNC(=O)O[C@H]1CCC[C@@H]1C(C#N)(c1ccccc1)C1CCN(CCC#Cc2ccc(C#N)cc2)CC1. The van der Waals surface area contributed by atoms with Gasteiger partial charge in [-0.3, -0.25) is 0 Å². The van der Waals surface area contributed by atoms with Crippen molar-refractivity contribution in [1.82, 2.24) is 10.2 Å². The second-order valence-corrected chi connectivity index (χ2v) is 9.93. The summed E-state index contributed by atoms with van der Waals surface area (Å²) in [7, 11) is 1.57. The molecule has 0 aromatic heterocycles. The molecule has 1 unspecified atom stereocenters. The molecule has 2 aromatic carbocycles. The number of nitrogens with zero attached hydrogens (tertiary/aromatic N) is 3. The summed E-state index contributed by atoms with van der Waals surface area (Å²) in [5.41, 5.74) is 1.92. The smallest absolute Gasteiger partial charge is 0.407 e. The van der Waals surface area contributed by atoms with Crippen molar-refractivity contribution in [2.24, 2.45) is 11.8 Å². The van der Waals surface area contributed by atoms with Crippen LogP contribution in [0.2, 0.25) is 0 Å². The highest BCUT2D eigenvalue weighted by atomic mass is 16.6. The molecule has 6 nitrogen and oxygen atoms in total. The molecule has 0 spiro atoms. The van der Waals surface area contributed by atoms with Crippen molar-refractivity contribution in [1.29, 1.82) is 10.5 Å². The molecule has 2 fully saturated rings. The van der Waals surface area contributed by atoms with E-state index in [2.05, 4.69) is 46.3 Å². The highest BCUT2D eigenvalue weighted by molar-refractivity contribution is 5.67. The van der Waals surface area contributed by atoms with Crippen molar-refractivity contribution in [2.45, 2.75) is 50.0 Å². The van der Waals surface area contributed by atoms with Crippen LogP contribution in [0.1, 0.15) is 55.2 Å². The predicted molar refractivity (Wildman–Crippen MR) is 142 cm³/mol. The number of amides is 1. The Hall–Kier alpha value is -3.79. The van der Waals surface area contributed by atoms with E-state index in [-0.39, 0.29) is 17.9 Å². The maximum absolute atomic E-state index is 12.1. The lowest BCUT2D eigenvalue weighted by atomic mass is 9.59. The average molecular weight is 495 g/mol. The summed E-state index contributed by atoms with van der Waals surface area (Å²) in [6.07, 6.45) is 4.59. The number of nitriles is 2. The quantitative estimate of drug-likeness (QED) is 0.571. The number of carbonyl (C=O) groups excluding carboxylic acids is 1. The van der Waals surface area contributed by atoms with E-state index >= 15 is 0 Å². The van der Waals surface area contributed by atoms with Crippen LogP contribution in [0.4, 0.5) is 4.79 Å². The first-order valence-corrected chi connectivity index (χ1v) is 13.2. The number of benzene rings is 2. The topological polar surface area (TPSA) is 89.2 Å². The van der Waals surface area contributed by atoms with Gasteiger partial charge in [0.2, 0.25) is 0 Å². The van der Waals surface area contributed by atoms with E-state index < -0.39 is 11.5 Å². The predicted octanol–water partition coefficient (Wildman–Crippen LogP) is 5.00. The highest BCUT2D eigenvalue weighted by Gasteiger charge is 2.53. The molecule has 0 radical (unpaired) electrons. The lowest BCUT2D eigenvalue weighted by molar-refractivity contribution is 0.0328. The van der Waals surface area contributed by atoms with Crippen LogP contribution in [0, 0.1) is 46.3 Å². The number of hydrogen-bond donors (Lipinski definition) is 1. The molecular weight excluding hydrogens is 460 g/mol. The van der Waals surface area contributed by atoms with Crippen molar-refractivity contribution in [3.05, 3.63) is 71.3 Å². The average Bonchev–Trinajstić information content (AvgIpc) is 3.41. The molecule has 1 saturated heterocycles. The Morgan fingerprint density at radius 3 is 2.38 bits per heavy atom. The summed E-state index contributed by atoms with van der Waals surface area (Å²) in [5, 5.41) is 22.3. The zero-order chi connectivity index (χ0) is 26.1. The van der Waals surface area contributed by atoms with Gasteiger partial charge in [0.15, 0.2) is 0 Å². The molecule has 2 aliphatic rings. The standard InChI is InChI=1S/C31H34N4O2/c1-34-30(36)37-29-12-7-11-28(29)31(23-33,26-9-3-2-4-10-26)27-17-20-35(21-18-27)19-6-5-8-24-13-15-25(22-32)16-14-24/h2-4,9-10,13-16,27-29H,6-7,11-12,17-21H2,1H3,(H,34,36)/t28-,29-,31?/m0/s1. The highest BCUT2D eigenvalue weighted by Crippen LogP contribution is 2.50. The molecule has 6 heteroatoms. The summed E-state index contributed by atoms with van der Waals surface area (Å²) in [6.45, 7) is 2.74. The molecular formula is C31H34N4O2. The van der Waals surface area contributed by atoms with E-state index in [9.17, 15) is 10.1 Å². The largest absolute Gasteiger partial charge is 0.446 e. The van der Waals surface area contributed by atoms with Crippen LogP contribution in [0.3, 0.4) is 0 Å². The second-order valence-electron chi connectivity index (χ2n) is 9.93. The van der Waals surface area contributed by atoms with Gasteiger partial charge < -0.3 is 15.0 Å². The number of hydrogen-bond acceptors (Lipinski definition) is 5. The number of nitrogens with one attached hydrogen (secondary N) is 1. The molecule has 1 amide bonds. The van der Waals surface area contributed by atoms with Crippen molar-refractivity contribution >= 4 is 6.09 Å². The molecule has 2 aromatic rings. The Morgan fingerprint density at radius 2 is 1.73 bits per heavy atom. The summed E-state index contributed by atoms with van der Waals surface area (Å²) in [5.74, 6) is 6.62. The number of carbonyl (C=O) groups is 1. The Balaban J connectivity index is 1.44. The minimum atomic E-state index is -0.683. The van der Waals surface area contributed by atoms with Crippen LogP contribution < -0.4 is 5.32 Å². The lowest BCUT2D eigenvalue weighted by Crippen LogP contribution is -2.50. The van der Waals surface area contributed by atoms with Gasteiger partial charge in [-0.1, -0.05) is 42.2 Å². The van der Waals surface area contributed by atoms with Crippen LogP contribution in [-0.2, 0) is 10.2 Å². The Kier molecular flexibility index (Phi) is 8.84. The normalized spacial score (nSPS) is 21.5. The molecule has 1 N–H and O–H groups in total. The Morgan fingerprint density at radius 1 is 1.03 bits per heavy atom. The van der Waals surface area contributed by atoms with Crippen molar-refractivity contribution in [3.8, 4) is 24.0 Å². The fourth-order valence-corrected chi connectivity index (χ4v) is 6.11. The fourth-order valence-electron chi connectivity index (χ4n) is 6.11. The van der Waals surface area contributed by atoms with Gasteiger partial charge in [0.25, 0.3) is 0 Å². The number of alkyl carbamates (subject to hydrolysis) is 1. The molecule has 190 valence electrons. The van der Waals surface area contributed by atoms with Gasteiger partial charge in [0, 0.05) is 31.5 Å². The van der Waals surface area contributed by atoms with Gasteiger partial charge >= 0.3 is 6.09 Å². The summed E-state index contributed by atoms with van der Waals surface area (Å²) in [6, 6.07) is 22.4. The molecule has 0 bridgehead atoms. The third-order valence-corrected chi connectivity index (χ3v) is 7.97. The third-order valence-electron chi connectivity index (χ3n) is 7.97. The monoisotopic (exact) mass is 494 g/mol. The first-order valence-electron chi connectivity index (χ1n) is 13.2. The molecule has 1 aliphatic carbocycles. The number of likely N-dealkylation sites (tertiary alicyclic amines) is 1. The molecule has 37 heavy (non-hydrogen) atoms. The van der Waals surface area contributed by atoms with E-state index in [1.807, 2.05) is 30.3 Å². The lowest BCUT2D eigenvalue weighted by Gasteiger charge is -2.45. The van der Waals surface area contributed by atoms with Crippen molar-refractivity contribution in [2.75, 3.05) is 26.7 Å². The number of ether oxygens (including phenoxy) is 1. The first-order chi connectivity index (χ1) is 18.1. The van der Waals surface area contributed by atoms with Gasteiger partial charge in [0.1, 0.15) is 6.10 Å². The van der Waals surface area contributed by atoms with E-state index in [1.54, 1.807) is 19.2 Å². The number of piperidine rings is 1. The molecule has 1 heterocycles. The Bertz CT molecular complexity index is 1190. The summed E-state index contributed by atoms with van der Waals surface area (Å²) < 4.78 is 5.79. The first kappa shape index (κ1) is 26.3. The van der Waals surface area contributed by atoms with Crippen molar-refractivity contribution < 1.29 is 9.53 Å². The van der Waals surface area contributed by atoms with Gasteiger partial charge in [-0.15, -0.1) is 0 Å². The molecule has 3 atom stereocenters. The zero-order valence-corrected chi connectivity index (χ0v) is 21.5. The number of rotatable bonds is 6. The van der Waals surface area contributed by atoms with E-state index in [4.69, 9.17) is 10.00 Å². The van der Waals surface area contributed by atoms with E-state index in [1.165, 1.54) is 0 Å². The van der Waals surface area contributed by atoms with Crippen LogP contribution in [0.15, 0.2) is 54.6 Å². The summed E-state index contributed by atoms with van der Waals surface area (Å²) >= 11 is 0. The minimum absolute atomic E-state index is 0.0213. The fraction of sp³-hybridized carbons (Fsp3) is 0.452. The van der Waals surface area contributed by atoms with Crippen LogP contribution in [0.5, 0.6) is 0 Å². The van der Waals surface area contributed by atoms with Crippen molar-refractivity contribution in [3.63, 3.8) is 0 Å². The van der Waals surface area contributed by atoms with Crippen LogP contribution in [-0.4, -0.2) is 43.8 Å². The van der Waals surface area contributed by atoms with Crippen LogP contribution >= 0.6 is 0 Å².